The Morgan fingerprint density at radius 3 is 1.18 bits per heavy atom. The maximum atomic E-state index is 10.7. The zero-order valence-electron chi connectivity index (χ0n) is 22.6. The van der Waals surface area contributed by atoms with Gasteiger partial charge in [-0.2, -0.15) is 0 Å². The van der Waals surface area contributed by atoms with Crippen LogP contribution < -0.4 is 0 Å². The Kier molecular flexibility index (Phi) is 8.43. The first-order valence-electron chi connectivity index (χ1n) is 13.6. The number of aromatic hydroxyl groups is 2. The van der Waals surface area contributed by atoms with Gasteiger partial charge in [0.05, 0.1) is 0 Å². The Hall–Kier alpha value is -1.96. The van der Waals surface area contributed by atoms with E-state index < -0.39 is 0 Å². The third kappa shape index (κ3) is 6.18. The number of phenolic OH excluding ortho intramolecular Hbond substituents is 2. The molecule has 0 bridgehead atoms. The van der Waals surface area contributed by atoms with Crippen molar-refractivity contribution in [2.45, 2.75) is 128 Å². The molecule has 1 saturated carbocycles. The number of hydrogen-bond acceptors (Lipinski definition) is 2. The average Bonchev–Trinajstić information content (AvgIpc) is 2.74. The SMILES string of the molecule is CC(C)(C)c1cc(C2(c3ccc(O)c(C(C)(C)C)c3)CCCCCCCCCCC2)ccc1O. The topological polar surface area (TPSA) is 40.5 Å². The summed E-state index contributed by atoms with van der Waals surface area (Å²) in [5.41, 5.74) is 4.31. The molecule has 0 aliphatic heterocycles. The van der Waals surface area contributed by atoms with E-state index in [0.717, 1.165) is 24.0 Å². The van der Waals surface area contributed by atoms with Gasteiger partial charge in [0.25, 0.3) is 0 Å². The van der Waals surface area contributed by atoms with Gasteiger partial charge in [-0.15, -0.1) is 0 Å². The summed E-state index contributed by atoms with van der Waals surface area (Å²) in [5, 5.41) is 21.5. The summed E-state index contributed by atoms with van der Waals surface area (Å²) in [6.45, 7) is 13.1. The molecule has 188 valence electrons. The summed E-state index contributed by atoms with van der Waals surface area (Å²) in [6, 6.07) is 12.7. The molecule has 2 N–H and O–H groups in total. The largest absolute Gasteiger partial charge is 0.508 e. The van der Waals surface area contributed by atoms with E-state index in [1.165, 1.54) is 68.9 Å². The standard InChI is InChI=1S/C32H48O2/c1-30(2,3)26-22-24(16-18-28(26)33)32(20-14-12-10-8-7-9-11-13-15-21-32)25-17-19-29(34)27(23-25)31(4,5)6/h16-19,22-23,33-34H,7-15,20-21H2,1-6H3. The second kappa shape index (κ2) is 10.8. The molecule has 0 spiro atoms. The Morgan fingerprint density at radius 1 is 0.529 bits per heavy atom. The van der Waals surface area contributed by atoms with E-state index in [2.05, 4.69) is 65.8 Å². The van der Waals surface area contributed by atoms with Crippen molar-refractivity contribution in [3.8, 4) is 11.5 Å². The minimum absolute atomic E-state index is 0.111. The lowest BCUT2D eigenvalue weighted by Gasteiger charge is -2.38. The number of benzene rings is 2. The normalized spacial score (nSPS) is 18.6. The van der Waals surface area contributed by atoms with E-state index in [9.17, 15) is 10.2 Å². The van der Waals surface area contributed by atoms with Crippen LogP contribution >= 0.6 is 0 Å². The van der Waals surface area contributed by atoms with Crippen LogP contribution in [0.5, 0.6) is 11.5 Å². The van der Waals surface area contributed by atoms with Gasteiger partial charge in [0.2, 0.25) is 0 Å². The van der Waals surface area contributed by atoms with Crippen LogP contribution in [-0.4, -0.2) is 10.2 Å². The molecule has 2 heteroatoms. The first-order valence-corrected chi connectivity index (χ1v) is 13.6. The van der Waals surface area contributed by atoms with E-state index in [1.807, 2.05) is 12.1 Å². The molecule has 0 amide bonds. The van der Waals surface area contributed by atoms with E-state index in [4.69, 9.17) is 0 Å². The van der Waals surface area contributed by atoms with Crippen LogP contribution in [0.25, 0.3) is 0 Å². The number of phenols is 2. The van der Waals surface area contributed by atoms with Crippen LogP contribution in [0.4, 0.5) is 0 Å². The van der Waals surface area contributed by atoms with Crippen molar-refractivity contribution in [1.29, 1.82) is 0 Å². The fraction of sp³-hybridized carbons (Fsp3) is 0.625. The molecule has 3 rings (SSSR count). The van der Waals surface area contributed by atoms with Crippen molar-refractivity contribution in [3.63, 3.8) is 0 Å². The predicted molar refractivity (Wildman–Crippen MR) is 145 cm³/mol. The minimum Gasteiger partial charge on any atom is -0.508 e. The smallest absolute Gasteiger partial charge is 0.119 e. The van der Waals surface area contributed by atoms with E-state index in [1.54, 1.807) is 0 Å². The molecule has 0 saturated heterocycles. The van der Waals surface area contributed by atoms with Crippen molar-refractivity contribution in [2.75, 3.05) is 0 Å². The van der Waals surface area contributed by atoms with E-state index in [-0.39, 0.29) is 16.2 Å². The fourth-order valence-corrected chi connectivity index (χ4v) is 5.83. The molecule has 2 aromatic carbocycles. The van der Waals surface area contributed by atoms with Gasteiger partial charge in [-0.3, -0.25) is 0 Å². The van der Waals surface area contributed by atoms with Crippen LogP contribution in [-0.2, 0) is 16.2 Å². The zero-order valence-corrected chi connectivity index (χ0v) is 22.6. The molecule has 1 fully saturated rings. The van der Waals surface area contributed by atoms with Crippen LogP contribution in [0, 0.1) is 0 Å². The van der Waals surface area contributed by atoms with Crippen LogP contribution in [0.1, 0.15) is 134 Å². The van der Waals surface area contributed by atoms with Gasteiger partial charge in [-0.25, -0.2) is 0 Å². The third-order valence-electron chi connectivity index (χ3n) is 7.92. The van der Waals surface area contributed by atoms with Gasteiger partial charge < -0.3 is 10.2 Å². The summed E-state index contributed by atoms with van der Waals surface area (Å²) in [4.78, 5) is 0. The minimum atomic E-state index is -0.127. The molecule has 2 aromatic rings. The quantitative estimate of drug-likeness (QED) is 0.465. The monoisotopic (exact) mass is 464 g/mol. The highest BCUT2D eigenvalue weighted by Crippen LogP contribution is 2.46. The van der Waals surface area contributed by atoms with Crippen molar-refractivity contribution in [2.24, 2.45) is 0 Å². The maximum absolute atomic E-state index is 10.7. The average molecular weight is 465 g/mol. The lowest BCUT2D eigenvalue weighted by atomic mass is 9.66. The highest BCUT2D eigenvalue weighted by molar-refractivity contribution is 5.50. The van der Waals surface area contributed by atoms with E-state index >= 15 is 0 Å². The molecular weight excluding hydrogens is 416 g/mol. The Bertz CT molecular complexity index is 865. The maximum Gasteiger partial charge on any atom is 0.119 e. The van der Waals surface area contributed by atoms with Crippen LogP contribution in [0.15, 0.2) is 36.4 Å². The summed E-state index contributed by atoms with van der Waals surface area (Å²) >= 11 is 0. The van der Waals surface area contributed by atoms with Gasteiger partial charge in [0.15, 0.2) is 0 Å². The second-order valence-corrected chi connectivity index (χ2v) is 12.7. The van der Waals surface area contributed by atoms with Crippen LogP contribution in [0.3, 0.4) is 0 Å². The molecule has 0 atom stereocenters. The molecule has 0 unspecified atom stereocenters. The molecule has 0 aromatic heterocycles. The first kappa shape index (κ1) is 26.6. The lowest BCUT2D eigenvalue weighted by molar-refractivity contribution is 0.378. The molecule has 0 radical (unpaired) electrons. The van der Waals surface area contributed by atoms with Crippen molar-refractivity contribution >= 4 is 0 Å². The molecule has 0 heterocycles. The predicted octanol–water partition coefficient (Wildman–Crippen LogP) is 9.28. The van der Waals surface area contributed by atoms with Gasteiger partial charge in [0.1, 0.15) is 11.5 Å². The van der Waals surface area contributed by atoms with Crippen molar-refractivity contribution in [1.82, 2.24) is 0 Å². The highest BCUT2D eigenvalue weighted by Gasteiger charge is 2.36. The zero-order chi connectivity index (χ0) is 25.0. The van der Waals surface area contributed by atoms with Gasteiger partial charge in [-0.05, 0) is 58.1 Å². The van der Waals surface area contributed by atoms with Gasteiger partial charge >= 0.3 is 0 Å². The fourth-order valence-electron chi connectivity index (χ4n) is 5.83. The van der Waals surface area contributed by atoms with Crippen LogP contribution in [0.2, 0.25) is 0 Å². The molecule has 1 aliphatic carbocycles. The Morgan fingerprint density at radius 2 is 0.853 bits per heavy atom. The summed E-state index contributed by atoms with van der Waals surface area (Å²) in [5.74, 6) is 0.779. The lowest BCUT2D eigenvalue weighted by Crippen LogP contribution is -2.29. The molecule has 2 nitrogen and oxygen atoms in total. The van der Waals surface area contributed by atoms with Crippen molar-refractivity contribution < 1.29 is 10.2 Å². The number of hydrogen-bond donors (Lipinski definition) is 2. The number of rotatable bonds is 2. The van der Waals surface area contributed by atoms with Gasteiger partial charge in [-0.1, -0.05) is 124 Å². The second-order valence-electron chi connectivity index (χ2n) is 12.7. The van der Waals surface area contributed by atoms with E-state index in [0.29, 0.717) is 11.5 Å². The summed E-state index contributed by atoms with van der Waals surface area (Å²) < 4.78 is 0. The van der Waals surface area contributed by atoms with Gasteiger partial charge in [0, 0.05) is 5.41 Å². The highest BCUT2D eigenvalue weighted by atomic mass is 16.3. The molecule has 1 aliphatic rings. The Balaban J connectivity index is 2.20. The molecular formula is C32H48O2. The molecule has 34 heavy (non-hydrogen) atoms. The first-order chi connectivity index (χ1) is 15.9. The van der Waals surface area contributed by atoms with Crippen molar-refractivity contribution in [3.05, 3.63) is 58.7 Å². The summed E-state index contributed by atoms with van der Waals surface area (Å²) in [6.07, 6.45) is 13.9. The third-order valence-corrected chi connectivity index (χ3v) is 7.92. The Labute approximate surface area is 208 Å². The summed E-state index contributed by atoms with van der Waals surface area (Å²) in [7, 11) is 0.